The monoisotopic (exact) mass is 528 g/mol. The van der Waals surface area contributed by atoms with Crippen LogP contribution in [0.5, 0.6) is 0 Å². The number of anilines is 2. The molecule has 0 radical (unpaired) electrons. The molecule has 6 aromatic rings. The molecule has 2 heterocycles. The van der Waals surface area contributed by atoms with Crippen LogP contribution in [0.25, 0.3) is 38.6 Å². The average Bonchev–Trinajstić information content (AvgIpc) is 3.36. The predicted molar refractivity (Wildman–Crippen MR) is 173 cm³/mol. The molecule has 0 spiro atoms. The van der Waals surface area contributed by atoms with Crippen LogP contribution in [-0.2, 0) is 5.41 Å². The Morgan fingerprint density at radius 3 is 1.88 bits per heavy atom. The highest BCUT2D eigenvalue weighted by molar-refractivity contribution is 6.09. The molecule has 2 heteroatoms. The summed E-state index contributed by atoms with van der Waals surface area (Å²) in [5, 5.41) is 2.57. The van der Waals surface area contributed by atoms with Gasteiger partial charge in [0.15, 0.2) is 0 Å². The zero-order valence-electron chi connectivity index (χ0n) is 23.4. The summed E-state index contributed by atoms with van der Waals surface area (Å²) in [5.41, 5.74) is 10.1. The van der Waals surface area contributed by atoms with Crippen LogP contribution >= 0.6 is 0 Å². The average molecular weight is 529 g/mol. The second-order valence-corrected chi connectivity index (χ2v) is 11.8. The highest BCUT2D eigenvalue weighted by Crippen LogP contribution is 2.52. The lowest BCUT2D eigenvalue weighted by molar-refractivity contribution is 0.332. The van der Waals surface area contributed by atoms with E-state index in [-0.39, 0.29) is 11.5 Å². The first-order valence-electron chi connectivity index (χ1n) is 14.5. The van der Waals surface area contributed by atoms with Gasteiger partial charge < -0.3 is 9.47 Å². The summed E-state index contributed by atoms with van der Waals surface area (Å²) in [6.45, 7) is 4.78. The lowest BCUT2D eigenvalue weighted by Gasteiger charge is -2.51. The van der Waals surface area contributed by atoms with Crippen molar-refractivity contribution in [2.45, 2.75) is 25.3 Å². The van der Waals surface area contributed by atoms with Gasteiger partial charge in [0.2, 0.25) is 0 Å². The Balaban J connectivity index is 1.27. The summed E-state index contributed by atoms with van der Waals surface area (Å²) in [6.07, 6.45) is 9.21. The summed E-state index contributed by atoms with van der Waals surface area (Å²) in [5.74, 6) is 0.383. The molecule has 1 aliphatic carbocycles. The standard InChI is InChI=1S/C39H32N2/c1-39(2)32-16-6-11-21-37(32)41(38-22-12-7-17-33(38)39)34-18-8-3-13-29(34)27-23-25-28(26-24-27)40-35-19-9-4-14-30(35)31-15-5-10-20-36(31)40/h3-26,32,37H,1-2H3. The van der Waals surface area contributed by atoms with E-state index in [1.807, 2.05) is 0 Å². The van der Waals surface area contributed by atoms with Crippen LogP contribution in [0.1, 0.15) is 19.4 Å². The number of fused-ring (bicyclic) bond motifs is 5. The molecule has 0 N–H and O–H groups in total. The summed E-state index contributed by atoms with van der Waals surface area (Å²) in [4.78, 5) is 2.57. The normalized spacial score (nSPS) is 18.9. The fraction of sp³-hybridized carbons (Fsp3) is 0.128. The van der Waals surface area contributed by atoms with E-state index in [1.165, 1.54) is 55.6 Å². The third-order valence-electron chi connectivity index (χ3n) is 9.28. The Kier molecular flexibility index (Phi) is 5.33. The van der Waals surface area contributed by atoms with Gasteiger partial charge in [-0.05, 0) is 47.5 Å². The van der Waals surface area contributed by atoms with Gasteiger partial charge in [-0.1, -0.05) is 123 Å². The molecule has 198 valence electrons. The Bertz CT molecular complexity index is 1930. The Labute approximate surface area is 241 Å². The Morgan fingerprint density at radius 2 is 1.15 bits per heavy atom. The SMILES string of the molecule is CC1(C)c2ccccc2N(c2ccccc2-c2ccc(-n3c4ccccc4c4ccccc43)cc2)C2C=CC=CC21. The highest BCUT2D eigenvalue weighted by Gasteiger charge is 2.45. The van der Waals surface area contributed by atoms with Crippen LogP contribution in [0.2, 0.25) is 0 Å². The van der Waals surface area contributed by atoms with E-state index in [0.717, 1.165) is 0 Å². The lowest BCUT2D eigenvalue weighted by Crippen LogP contribution is -2.49. The molecule has 1 aromatic heterocycles. The molecule has 1 aliphatic heterocycles. The second-order valence-electron chi connectivity index (χ2n) is 11.8. The Hall–Kier alpha value is -4.82. The molecule has 0 bridgehead atoms. The number of benzene rings is 5. The number of aromatic nitrogens is 1. The quantitative estimate of drug-likeness (QED) is 0.222. The van der Waals surface area contributed by atoms with Crippen LogP contribution in [0.15, 0.2) is 146 Å². The highest BCUT2D eigenvalue weighted by atomic mass is 15.2. The van der Waals surface area contributed by atoms with Crippen molar-refractivity contribution in [3.63, 3.8) is 0 Å². The number of hydrogen-bond acceptors (Lipinski definition) is 1. The first-order valence-corrected chi connectivity index (χ1v) is 14.5. The smallest absolute Gasteiger partial charge is 0.0596 e. The molecule has 0 amide bonds. The number of hydrogen-bond donors (Lipinski definition) is 0. The van der Waals surface area contributed by atoms with Gasteiger partial charge in [-0.2, -0.15) is 0 Å². The van der Waals surface area contributed by atoms with Crippen molar-refractivity contribution in [3.8, 4) is 16.8 Å². The number of allylic oxidation sites excluding steroid dienone is 2. The largest absolute Gasteiger partial charge is 0.333 e. The second kappa shape index (κ2) is 9.11. The van der Waals surface area contributed by atoms with Crippen LogP contribution in [0.4, 0.5) is 11.4 Å². The molecule has 2 nitrogen and oxygen atoms in total. The van der Waals surface area contributed by atoms with Gasteiger partial charge in [0, 0.05) is 44.7 Å². The van der Waals surface area contributed by atoms with E-state index in [0.29, 0.717) is 5.92 Å². The minimum absolute atomic E-state index is 0.0396. The minimum atomic E-state index is 0.0396. The van der Waals surface area contributed by atoms with Crippen LogP contribution < -0.4 is 4.90 Å². The number of para-hydroxylation sites is 4. The van der Waals surface area contributed by atoms with Gasteiger partial charge in [0.25, 0.3) is 0 Å². The molecule has 2 unspecified atom stereocenters. The molecule has 2 atom stereocenters. The maximum absolute atomic E-state index is 2.57. The molecular weight excluding hydrogens is 496 g/mol. The van der Waals surface area contributed by atoms with Crippen LogP contribution in [0, 0.1) is 5.92 Å². The van der Waals surface area contributed by atoms with E-state index >= 15 is 0 Å². The third kappa shape index (κ3) is 3.57. The van der Waals surface area contributed by atoms with Gasteiger partial charge >= 0.3 is 0 Å². The van der Waals surface area contributed by atoms with Gasteiger partial charge in [-0.25, -0.2) is 0 Å². The molecule has 8 rings (SSSR count). The van der Waals surface area contributed by atoms with E-state index < -0.39 is 0 Å². The van der Waals surface area contributed by atoms with Crippen molar-refractivity contribution in [2.24, 2.45) is 5.92 Å². The van der Waals surface area contributed by atoms with Crippen molar-refractivity contribution in [2.75, 3.05) is 4.90 Å². The molecule has 0 saturated heterocycles. The molecule has 5 aromatic carbocycles. The van der Waals surface area contributed by atoms with E-state index in [9.17, 15) is 0 Å². The molecule has 0 fully saturated rings. The summed E-state index contributed by atoms with van der Waals surface area (Å²) >= 11 is 0. The number of nitrogens with zero attached hydrogens (tertiary/aromatic N) is 2. The fourth-order valence-electron chi connectivity index (χ4n) is 7.29. The summed E-state index contributed by atoms with van der Waals surface area (Å²) in [7, 11) is 0. The zero-order valence-corrected chi connectivity index (χ0v) is 23.4. The van der Waals surface area contributed by atoms with Gasteiger partial charge in [0.1, 0.15) is 0 Å². The first-order chi connectivity index (χ1) is 20.1. The maximum atomic E-state index is 2.57. The first kappa shape index (κ1) is 24.0. The predicted octanol–water partition coefficient (Wildman–Crippen LogP) is 9.99. The summed E-state index contributed by atoms with van der Waals surface area (Å²) < 4.78 is 2.38. The molecule has 2 aliphatic rings. The molecule has 41 heavy (non-hydrogen) atoms. The van der Waals surface area contributed by atoms with Crippen LogP contribution in [0.3, 0.4) is 0 Å². The van der Waals surface area contributed by atoms with Gasteiger partial charge in [-0.3, -0.25) is 0 Å². The van der Waals surface area contributed by atoms with E-state index in [4.69, 9.17) is 0 Å². The number of rotatable bonds is 3. The van der Waals surface area contributed by atoms with Gasteiger partial charge in [0.05, 0.1) is 17.1 Å². The lowest BCUT2D eigenvalue weighted by atomic mass is 9.65. The van der Waals surface area contributed by atoms with Crippen molar-refractivity contribution in [3.05, 3.63) is 151 Å². The molecular formula is C39H32N2. The van der Waals surface area contributed by atoms with Crippen molar-refractivity contribution in [1.82, 2.24) is 4.57 Å². The van der Waals surface area contributed by atoms with Gasteiger partial charge in [-0.15, -0.1) is 0 Å². The van der Waals surface area contributed by atoms with Crippen LogP contribution in [-0.4, -0.2) is 10.6 Å². The zero-order chi connectivity index (χ0) is 27.6. The van der Waals surface area contributed by atoms with E-state index in [1.54, 1.807) is 0 Å². The fourth-order valence-corrected chi connectivity index (χ4v) is 7.29. The third-order valence-corrected chi connectivity index (χ3v) is 9.28. The van der Waals surface area contributed by atoms with Crippen molar-refractivity contribution >= 4 is 33.2 Å². The minimum Gasteiger partial charge on any atom is -0.333 e. The van der Waals surface area contributed by atoms with Crippen molar-refractivity contribution in [1.29, 1.82) is 0 Å². The maximum Gasteiger partial charge on any atom is 0.0596 e. The molecule has 0 saturated carbocycles. The van der Waals surface area contributed by atoms with Crippen molar-refractivity contribution < 1.29 is 0 Å². The van der Waals surface area contributed by atoms with E-state index in [2.05, 4.69) is 169 Å². The summed E-state index contributed by atoms with van der Waals surface area (Å²) in [6, 6.07) is 44.6. The topological polar surface area (TPSA) is 8.17 Å². The Morgan fingerprint density at radius 1 is 0.561 bits per heavy atom.